The number of hydrogen-bond donors (Lipinski definition) is 1. The van der Waals surface area contributed by atoms with E-state index in [1.165, 1.54) is 16.4 Å². The van der Waals surface area contributed by atoms with Crippen molar-refractivity contribution in [3.05, 3.63) is 87.9 Å². The number of aryl methyl sites for hydroxylation is 2. The number of benzene rings is 3. The molecule has 0 unspecified atom stereocenters. The minimum Gasteiger partial charge on any atom is -0.322 e. The highest BCUT2D eigenvalue weighted by atomic mass is 35.5. The van der Waals surface area contributed by atoms with Gasteiger partial charge in [-0.2, -0.15) is 0 Å². The summed E-state index contributed by atoms with van der Waals surface area (Å²) in [5, 5.41) is 3.43. The van der Waals surface area contributed by atoms with Gasteiger partial charge in [0.05, 0.1) is 10.6 Å². The largest absolute Gasteiger partial charge is 0.322 e. The molecule has 0 aliphatic carbocycles. The van der Waals surface area contributed by atoms with Gasteiger partial charge < -0.3 is 5.32 Å². The topological polar surface area (TPSA) is 66.5 Å². The summed E-state index contributed by atoms with van der Waals surface area (Å²) in [6.45, 7) is 5.82. The fourth-order valence-corrected chi connectivity index (χ4v) is 5.80. The first-order valence-corrected chi connectivity index (χ1v) is 11.8. The van der Waals surface area contributed by atoms with Crippen LogP contribution in [-0.4, -0.2) is 20.4 Å². The van der Waals surface area contributed by atoms with E-state index < -0.39 is 10.0 Å². The number of fused-ring (bicyclic) bond motifs is 1. The Morgan fingerprint density at radius 2 is 1.74 bits per heavy atom. The summed E-state index contributed by atoms with van der Waals surface area (Å²) in [7, 11) is -3.74. The van der Waals surface area contributed by atoms with Crippen LogP contribution in [0.15, 0.2) is 65.6 Å². The van der Waals surface area contributed by atoms with Crippen LogP contribution in [0.1, 0.15) is 34.0 Å². The number of sulfonamides is 1. The molecule has 1 aliphatic rings. The second kappa shape index (κ2) is 8.02. The Labute approximate surface area is 187 Å². The van der Waals surface area contributed by atoms with Gasteiger partial charge in [-0.25, -0.2) is 8.42 Å². The van der Waals surface area contributed by atoms with Gasteiger partial charge in [-0.1, -0.05) is 29.3 Å². The van der Waals surface area contributed by atoms with Gasteiger partial charge in [-0.05, 0) is 86.8 Å². The number of amides is 1. The number of nitrogens with zero attached hydrogens (tertiary/aromatic N) is 1. The smallest absolute Gasteiger partial charge is 0.264 e. The third-order valence-corrected chi connectivity index (χ3v) is 7.69. The molecular weight excluding hydrogens is 432 g/mol. The summed E-state index contributed by atoms with van der Waals surface area (Å²) in [5.41, 5.74) is 4.81. The van der Waals surface area contributed by atoms with Crippen LogP contribution in [0.5, 0.6) is 0 Å². The molecule has 0 fully saturated rings. The molecule has 1 N–H and O–H groups in total. The number of anilines is 2. The van der Waals surface area contributed by atoms with Gasteiger partial charge in [0.2, 0.25) is 0 Å². The number of nitrogens with one attached hydrogen (secondary N) is 1. The third kappa shape index (κ3) is 4.05. The van der Waals surface area contributed by atoms with Crippen molar-refractivity contribution in [3.63, 3.8) is 0 Å². The van der Waals surface area contributed by atoms with E-state index in [4.69, 9.17) is 11.6 Å². The standard InChI is InChI=1S/C24H23ClN2O3S/c1-15-4-10-22(16(2)12-15)26-24(28)18-5-11-23-19(14-18)13-17(3)27(23)31(29,30)21-8-6-20(25)7-9-21/h4-12,14,17H,13H2,1-3H3,(H,26,28)/t17-/m0/s1. The van der Waals surface area contributed by atoms with Gasteiger partial charge in [0.15, 0.2) is 0 Å². The van der Waals surface area contributed by atoms with Crippen LogP contribution in [0, 0.1) is 13.8 Å². The summed E-state index contributed by atoms with van der Waals surface area (Å²) >= 11 is 5.91. The lowest BCUT2D eigenvalue weighted by molar-refractivity contribution is 0.102. The summed E-state index contributed by atoms with van der Waals surface area (Å²) in [6.07, 6.45) is 0.535. The number of carbonyl (C=O) groups excluding carboxylic acids is 1. The molecule has 0 spiro atoms. The molecule has 3 aromatic carbocycles. The molecule has 160 valence electrons. The maximum atomic E-state index is 13.2. The fraction of sp³-hybridized carbons (Fsp3) is 0.208. The van der Waals surface area contributed by atoms with Gasteiger partial charge >= 0.3 is 0 Å². The van der Waals surface area contributed by atoms with Crippen molar-refractivity contribution in [2.45, 2.75) is 38.1 Å². The minimum atomic E-state index is -3.74. The Bertz CT molecular complexity index is 1270. The molecule has 4 rings (SSSR count). The highest BCUT2D eigenvalue weighted by Gasteiger charge is 2.36. The van der Waals surface area contributed by atoms with E-state index in [-0.39, 0.29) is 16.8 Å². The summed E-state index contributed by atoms with van der Waals surface area (Å²) in [5.74, 6) is -0.221. The molecule has 0 saturated carbocycles. The van der Waals surface area contributed by atoms with Gasteiger partial charge in [-0.3, -0.25) is 9.10 Å². The molecule has 1 amide bonds. The average molecular weight is 455 g/mol. The zero-order valence-corrected chi connectivity index (χ0v) is 19.1. The Hall–Kier alpha value is -2.83. The highest BCUT2D eigenvalue weighted by Crippen LogP contribution is 2.37. The quantitative estimate of drug-likeness (QED) is 0.577. The molecule has 31 heavy (non-hydrogen) atoms. The van der Waals surface area contributed by atoms with E-state index in [2.05, 4.69) is 5.32 Å². The maximum Gasteiger partial charge on any atom is 0.264 e. The molecule has 1 aliphatic heterocycles. The van der Waals surface area contributed by atoms with Crippen molar-refractivity contribution < 1.29 is 13.2 Å². The zero-order chi connectivity index (χ0) is 22.3. The average Bonchev–Trinajstić information content (AvgIpc) is 3.06. The zero-order valence-electron chi connectivity index (χ0n) is 17.5. The monoisotopic (exact) mass is 454 g/mol. The predicted octanol–water partition coefficient (Wildman–Crippen LogP) is 5.35. The van der Waals surface area contributed by atoms with Crippen molar-refractivity contribution in [2.75, 3.05) is 9.62 Å². The fourth-order valence-electron chi connectivity index (χ4n) is 3.98. The lowest BCUT2D eigenvalue weighted by Gasteiger charge is -2.24. The molecule has 0 bridgehead atoms. The van der Waals surface area contributed by atoms with Crippen molar-refractivity contribution in [3.8, 4) is 0 Å². The molecule has 0 aromatic heterocycles. The van der Waals surface area contributed by atoms with Crippen molar-refractivity contribution >= 4 is 38.9 Å². The summed E-state index contributed by atoms with van der Waals surface area (Å²) in [6, 6.07) is 16.9. The Morgan fingerprint density at radius 1 is 1.03 bits per heavy atom. The van der Waals surface area contributed by atoms with Crippen LogP contribution in [-0.2, 0) is 16.4 Å². The molecule has 7 heteroatoms. The SMILES string of the molecule is Cc1ccc(NC(=O)c2ccc3c(c2)C[C@H](C)N3S(=O)(=O)c2ccc(Cl)cc2)c(C)c1. The van der Waals surface area contributed by atoms with Crippen LogP contribution in [0.25, 0.3) is 0 Å². The van der Waals surface area contributed by atoms with E-state index in [9.17, 15) is 13.2 Å². The minimum absolute atomic E-state index is 0.188. The van der Waals surface area contributed by atoms with Gasteiger partial charge in [0.25, 0.3) is 15.9 Å². The van der Waals surface area contributed by atoms with Crippen LogP contribution >= 0.6 is 11.6 Å². The third-order valence-electron chi connectivity index (χ3n) is 5.50. The number of halogens is 1. The Kier molecular flexibility index (Phi) is 5.54. The Morgan fingerprint density at radius 3 is 2.42 bits per heavy atom. The summed E-state index contributed by atoms with van der Waals surface area (Å²) in [4.78, 5) is 13.0. The van der Waals surface area contributed by atoms with Crippen molar-refractivity contribution in [1.82, 2.24) is 0 Å². The van der Waals surface area contributed by atoms with E-state index in [0.29, 0.717) is 22.7 Å². The van der Waals surface area contributed by atoms with Crippen LogP contribution < -0.4 is 9.62 Å². The van der Waals surface area contributed by atoms with Crippen LogP contribution in [0.4, 0.5) is 11.4 Å². The van der Waals surface area contributed by atoms with E-state index in [0.717, 1.165) is 22.4 Å². The molecule has 3 aromatic rings. The highest BCUT2D eigenvalue weighted by molar-refractivity contribution is 7.92. The molecule has 1 heterocycles. The molecule has 5 nitrogen and oxygen atoms in total. The number of hydrogen-bond acceptors (Lipinski definition) is 3. The lowest BCUT2D eigenvalue weighted by atomic mass is 10.1. The van der Waals surface area contributed by atoms with E-state index >= 15 is 0 Å². The second-order valence-electron chi connectivity index (χ2n) is 7.92. The normalized spacial score (nSPS) is 15.6. The van der Waals surface area contributed by atoms with E-state index in [1.54, 1.807) is 30.3 Å². The Balaban J connectivity index is 1.63. The predicted molar refractivity (Wildman–Crippen MR) is 125 cm³/mol. The second-order valence-corrected chi connectivity index (χ2v) is 10.2. The first-order valence-electron chi connectivity index (χ1n) is 9.98. The molecular formula is C24H23ClN2O3S. The summed E-state index contributed by atoms with van der Waals surface area (Å²) < 4.78 is 27.9. The molecule has 0 saturated heterocycles. The van der Waals surface area contributed by atoms with Crippen LogP contribution in [0.2, 0.25) is 5.02 Å². The van der Waals surface area contributed by atoms with E-state index in [1.807, 2.05) is 39.0 Å². The first kappa shape index (κ1) is 21.4. The van der Waals surface area contributed by atoms with Crippen molar-refractivity contribution in [1.29, 1.82) is 0 Å². The first-order chi connectivity index (χ1) is 14.7. The molecule has 0 radical (unpaired) electrons. The number of rotatable bonds is 4. The molecule has 1 atom stereocenters. The lowest BCUT2D eigenvalue weighted by Crippen LogP contribution is -2.35. The number of carbonyl (C=O) groups is 1. The maximum absolute atomic E-state index is 13.2. The van der Waals surface area contributed by atoms with Crippen LogP contribution in [0.3, 0.4) is 0 Å². The van der Waals surface area contributed by atoms with Gasteiger partial charge in [-0.15, -0.1) is 0 Å². The van der Waals surface area contributed by atoms with Gasteiger partial charge in [0.1, 0.15) is 0 Å². The van der Waals surface area contributed by atoms with Crippen molar-refractivity contribution in [2.24, 2.45) is 0 Å². The van der Waals surface area contributed by atoms with Gasteiger partial charge in [0, 0.05) is 22.3 Å².